The fourth-order valence-electron chi connectivity index (χ4n) is 2.59. The van der Waals surface area contributed by atoms with Crippen LogP contribution >= 0.6 is 22.7 Å². The molecule has 2 heterocycles. The largest absolute Gasteiger partial charge is 0.356 e. The second-order valence-electron chi connectivity index (χ2n) is 6.06. The van der Waals surface area contributed by atoms with Crippen LogP contribution in [0.15, 0.2) is 58.2 Å². The van der Waals surface area contributed by atoms with Crippen LogP contribution in [0, 0.1) is 0 Å². The Morgan fingerprint density at radius 2 is 1.96 bits per heavy atom. The van der Waals surface area contributed by atoms with Gasteiger partial charge in [-0.15, -0.1) is 22.7 Å². The highest BCUT2D eigenvalue weighted by Gasteiger charge is 2.08. The predicted molar refractivity (Wildman–Crippen MR) is 113 cm³/mol. The Bertz CT molecular complexity index is 809. The summed E-state index contributed by atoms with van der Waals surface area (Å²) >= 11 is 3.49. The molecule has 6 heteroatoms. The van der Waals surface area contributed by atoms with Crippen LogP contribution < -0.4 is 10.6 Å². The van der Waals surface area contributed by atoms with E-state index in [0.717, 1.165) is 36.2 Å². The number of hydrogen-bond donors (Lipinski definition) is 2. The Labute approximate surface area is 163 Å². The number of nitrogens with zero attached hydrogens (tertiary/aromatic N) is 2. The maximum Gasteiger partial charge on any atom is 0.191 e. The normalized spacial score (nSPS) is 12.8. The minimum absolute atomic E-state index is 0.473. The SMILES string of the molecule is CN=C(NCCc1csc(-c2ccccc2)n1)NCC(C)c1cccs1. The van der Waals surface area contributed by atoms with Gasteiger partial charge < -0.3 is 10.6 Å². The van der Waals surface area contributed by atoms with Gasteiger partial charge in [-0.2, -0.15) is 0 Å². The second kappa shape index (κ2) is 9.50. The third-order valence-corrected chi connectivity index (χ3v) is 6.12. The van der Waals surface area contributed by atoms with Crippen LogP contribution in [-0.2, 0) is 6.42 Å². The van der Waals surface area contributed by atoms with Crippen molar-refractivity contribution in [2.24, 2.45) is 4.99 Å². The van der Waals surface area contributed by atoms with Gasteiger partial charge in [-0.1, -0.05) is 43.3 Å². The van der Waals surface area contributed by atoms with Gasteiger partial charge in [0.2, 0.25) is 0 Å². The molecule has 1 atom stereocenters. The number of benzene rings is 1. The lowest BCUT2D eigenvalue weighted by atomic mass is 10.1. The van der Waals surface area contributed by atoms with Crippen molar-refractivity contribution in [3.8, 4) is 10.6 Å². The molecule has 0 spiro atoms. The summed E-state index contributed by atoms with van der Waals surface area (Å²) in [6.07, 6.45) is 0.879. The zero-order valence-corrected chi connectivity index (χ0v) is 16.7. The van der Waals surface area contributed by atoms with Crippen molar-refractivity contribution >= 4 is 28.6 Å². The molecule has 3 aromatic rings. The minimum Gasteiger partial charge on any atom is -0.356 e. The van der Waals surface area contributed by atoms with E-state index in [0.29, 0.717) is 5.92 Å². The Morgan fingerprint density at radius 3 is 2.69 bits per heavy atom. The number of hydrogen-bond acceptors (Lipinski definition) is 4. The molecule has 0 aliphatic heterocycles. The molecular formula is C20H24N4S2. The molecule has 136 valence electrons. The number of nitrogens with one attached hydrogen (secondary N) is 2. The van der Waals surface area contributed by atoms with Gasteiger partial charge in [-0.3, -0.25) is 4.99 Å². The number of aromatic nitrogens is 1. The van der Waals surface area contributed by atoms with E-state index in [1.807, 2.05) is 25.2 Å². The average Bonchev–Trinajstić information content (AvgIpc) is 3.37. The van der Waals surface area contributed by atoms with Crippen molar-refractivity contribution in [1.29, 1.82) is 0 Å². The average molecular weight is 385 g/mol. The molecule has 0 saturated heterocycles. The van der Waals surface area contributed by atoms with Crippen LogP contribution in [0.5, 0.6) is 0 Å². The summed E-state index contributed by atoms with van der Waals surface area (Å²) in [7, 11) is 1.81. The van der Waals surface area contributed by atoms with Crippen molar-refractivity contribution in [1.82, 2.24) is 15.6 Å². The topological polar surface area (TPSA) is 49.3 Å². The Balaban J connectivity index is 1.44. The molecule has 2 aromatic heterocycles. The molecule has 0 aliphatic rings. The fourth-order valence-corrected chi connectivity index (χ4v) is 4.23. The van der Waals surface area contributed by atoms with Gasteiger partial charge >= 0.3 is 0 Å². The third kappa shape index (κ3) is 5.16. The Kier molecular flexibility index (Phi) is 6.80. The van der Waals surface area contributed by atoms with Gasteiger partial charge in [-0.05, 0) is 11.4 Å². The number of thiophene rings is 1. The van der Waals surface area contributed by atoms with E-state index in [2.05, 4.69) is 57.6 Å². The van der Waals surface area contributed by atoms with E-state index in [1.165, 1.54) is 10.4 Å². The van der Waals surface area contributed by atoms with E-state index in [4.69, 9.17) is 4.98 Å². The number of thiazole rings is 1. The van der Waals surface area contributed by atoms with Crippen LogP contribution in [0.3, 0.4) is 0 Å². The smallest absolute Gasteiger partial charge is 0.191 e. The van der Waals surface area contributed by atoms with Crippen LogP contribution in [0.25, 0.3) is 10.6 Å². The van der Waals surface area contributed by atoms with Gasteiger partial charge in [0.05, 0.1) is 5.69 Å². The summed E-state index contributed by atoms with van der Waals surface area (Å²) in [6, 6.07) is 14.6. The first-order valence-corrected chi connectivity index (χ1v) is 10.5. The molecule has 0 aliphatic carbocycles. The van der Waals surface area contributed by atoms with Gasteiger partial charge in [0, 0.05) is 48.3 Å². The monoisotopic (exact) mass is 384 g/mol. The summed E-state index contributed by atoms with van der Waals surface area (Å²) in [5.41, 5.74) is 2.29. The fraction of sp³-hybridized carbons (Fsp3) is 0.300. The lowest BCUT2D eigenvalue weighted by Gasteiger charge is -2.15. The molecule has 26 heavy (non-hydrogen) atoms. The summed E-state index contributed by atoms with van der Waals surface area (Å²) in [5.74, 6) is 1.31. The number of rotatable bonds is 7. The van der Waals surface area contributed by atoms with E-state index in [9.17, 15) is 0 Å². The first kappa shape index (κ1) is 18.6. The van der Waals surface area contributed by atoms with Gasteiger partial charge in [0.25, 0.3) is 0 Å². The van der Waals surface area contributed by atoms with Crippen LogP contribution in [0.2, 0.25) is 0 Å². The lowest BCUT2D eigenvalue weighted by Crippen LogP contribution is -2.39. The van der Waals surface area contributed by atoms with Crippen molar-refractivity contribution < 1.29 is 0 Å². The predicted octanol–water partition coefficient (Wildman–Crippen LogP) is 4.38. The highest BCUT2D eigenvalue weighted by molar-refractivity contribution is 7.13. The molecule has 0 saturated carbocycles. The quantitative estimate of drug-likeness (QED) is 0.469. The Hall–Kier alpha value is -2.18. The van der Waals surface area contributed by atoms with E-state index in [-0.39, 0.29) is 0 Å². The summed E-state index contributed by atoms with van der Waals surface area (Å²) in [4.78, 5) is 10.4. The second-order valence-corrected chi connectivity index (χ2v) is 7.89. The first-order valence-electron chi connectivity index (χ1n) is 8.74. The van der Waals surface area contributed by atoms with Crippen molar-refractivity contribution in [3.63, 3.8) is 0 Å². The van der Waals surface area contributed by atoms with Crippen molar-refractivity contribution in [2.45, 2.75) is 19.3 Å². The number of guanidine groups is 1. The van der Waals surface area contributed by atoms with Crippen LogP contribution in [0.1, 0.15) is 23.4 Å². The molecule has 0 bridgehead atoms. The minimum atomic E-state index is 0.473. The molecule has 1 aromatic carbocycles. The van der Waals surface area contributed by atoms with Crippen LogP contribution in [-0.4, -0.2) is 31.1 Å². The van der Waals surface area contributed by atoms with Crippen LogP contribution in [0.4, 0.5) is 0 Å². The molecule has 2 N–H and O–H groups in total. The zero-order valence-electron chi connectivity index (χ0n) is 15.1. The van der Waals surface area contributed by atoms with E-state index in [1.54, 1.807) is 22.7 Å². The highest BCUT2D eigenvalue weighted by Crippen LogP contribution is 2.23. The van der Waals surface area contributed by atoms with Gasteiger partial charge in [0.1, 0.15) is 5.01 Å². The Morgan fingerprint density at radius 1 is 1.12 bits per heavy atom. The maximum atomic E-state index is 4.73. The summed E-state index contributed by atoms with van der Waals surface area (Å²) in [5, 5.41) is 12.1. The summed E-state index contributed by atoms with van der Waals surface area (Å²) < 4.78 is 0. The molecule has 0 radical (unpaired) electrons. The molecule has 3 rings (SSSR count). The molecule has 4 nitrogen and oxygen atoms in total. The number of aliphatic imine (C=N–C) groups is 1. The standard InChI is InChI=1S/C20H24N4S2/c1-15(18-9-6-12-25-18)13-23-20(21-2)22-11-10-17-14-26-19(24-17)16-7-4-3-5-8-16/h3-9,12,14-15H,10-11,13H2,1-2H3,(H2,21,22,23). The maximum absolute atomic E-state index is 4.73. The van der Waals surface area contributed by atoms with Crippen molar-refractivity contribution in [3.05, 3.63) is 63.8 Å². The first-order chi connectivity index (χ1) is 12.8. The van der Waals surface area contributed by atoms with Gasteiger partial charge in [-0.25, -0.2) is 4.98 Å². The third-order valence-electron chi connectivity index (χ3n) is 4.07. The molecule has 0 fully saturated rings. The van der Waals surface area contributed by atoms with Gasteiger partial charge in [0.15, 0.2) is 5.96 Å². The van der Waals surface area contributed by atoms with Crippen molar-refractivity contribution in [2.75, 3.05) is 20.1 Å². The lowest BCUT2D eigenvalue weighted by molar-refractivity contribution is 0.706. The van der Waals surface area contributed by atoms with E-state index < -0.39 is 0 Å². The van der Waals surface area contributed by atoms with E-state index >= 15 is 0 Å². The summed E-state index contributed by atoms with van der Waals surface area (Å²) in [6.45, 7) is 3.91. The molecule has 0 amide bonds. The highest BCUT2D eigenvalue weighted by atomic mass is 32.1. The molecule has 1 unspecified atom stereocenters. The molecular weight excluding hydrogens is 360 g/mol. The zero-order chi connectivity index (χ0) is 18.2.